The zero-order valence-electron chi connectivity index (χ0n) is 21.4. The van der Waals surface area contributed by atoms with Gasteiger partial charge in [-0.25, -0.2) is 4.98 Å². The molecule has 1 N–H and O–H groups in total. The van der Waals surface area contributed by atoms with Crippen molar-refractivity contribution in [2.24, 2.45) is 7.05 Å². The van der Waals surface area contributed by atoms with Crippen LogP contribution in [0.1, 0.15) is 33.0 Å². The number of hydrogen-bond donors (Lipinski definition) is 1. The number of aryl methyl sites for hydroxylation is 1. The second-order valence-electron chi connectivity index (χ2n) is 9.45. The molecule has 0 aliphatic rings. The molecular formula is C31H29ClN4O2. The molecule has 0 spiro atoms. The van der Waals surface area contributed by atoms with Gasteiger partial charge in [-0.15, -0.1) is 0 Å². The van der Waals surface area contributed by atoms with E-state index in [4.69, 9.17) is 11.6 Å². The Balaban J connectivity index is 1.35. The summed E-state index contributed by atoms with van der Waals surface area (Å²) in [7, 11) is 3.67. The van der Waals surface area contributed by atoms with Crippen molar-refractivity contribution in [1.29, 1.82) is 0 Å². The van der Waals surface area contributed by atoms with Gasteiger partial charge in [0.05, 0.1) is 11.0 Å². The molecule has 5 aromatic rings. The van der Waals surface area contributed by atoms with Crippen molar-refractivity contribution < 1.29 is 9.59 Å². The highest BCUT2D eigenvalue weighted by Gasteiger charge is 2.24. The van der Waals surface area contributed by atoms with E-state index in [1.807, 2.05) is 105 Å². The number of nitrogens with zero attached hydrogens (tertiary/aromatic N) is 3. The molecule has 192 valence electrons. The first-order valence-corrected chi connectivity index (χ1v) is 13.0. The Bertz CT molecular complexity index is 1600. The number of rotatable bonds is 8. The van der Waals surface area contributed by atoms with Crippen LogP contribution < -0.4 is 5.32 Å². The number of para-hydroxylation sites is 2. The summed E-state index contributed by atoms with van der Waals surface area (Å²) < 4.78 is 1.80. The van der Waals surface area contributed by atoms with Gasteiger partial charge in [-0.3, -0.25) is 9.59 Å². The number of halogens is 1. The predicted molar refractivity (Wildman–Crippen MR) is 153 cm³/mol. The van der Waals surface area contributed by atoms with Gasteiger partial charge in [0.1, 0.15) is 0 Å². The van der Waals surface area contributed by atoms with E-state index in [0.717, 1.165) is 27.4 Å². The Labute approximate surface area is 226 Å². The summed E-state index contributed by atoms with van der Waals surface area (Å²) in [6, 6.07) is 28.9. The SMILES string of the molecule is CN(C(=O)c1cccc2ccccc12)C(CCNC(=O)c1nc2ccccc2n1C)Cc1ccc(Cl)cc1. The molecule has 0 aliphatic carbocycles. The molecule has 2 amide bonds. The average Bonchev–Trinajstić information content (AvgIpc) is 3.29. The first kappa shape index (κ1) is 25.5. The summed E-state index contributed by atoms with van der Waals surface area (Å²) in [6.45, 7) is 0.396. The fraction of sp³-hybridized carbons (Fsp3) is 0.194. The maximum Gasteiger partial charge on any atom is 0.287 e. The predicted octanol–water partition coefficient (Wildman–Crippen LogP) is 5.88. The molecule has 38 heavy (non-hydrogen) atoms. The topological polar surface area (TPSA) is 67.2 Å². The monoisotopic (exact) mass is 524 g/mol. The van der Waals surface area contributed by atoms with Crippen LogP contribution >= 0.6 is 11.6 Å². The normalized spacial score (nSPS) is 12.0. The van der Waals surface area contributed by atoms with E-state index in [9.17, 15) is 9.59 Å². The molecule has 0 saturated heterocycles. The first-order chi connectivity index (χ1) is 18.4. The van der Waals surface area contributed by atoms with E-state index in [0.29, 0.717) is 35.8 Å². The standard InChI is InChI=1S/C31H29ClN4O2/c1-35(31(38)26-11-7-9-22-8-3-4-10-25(22)26)24(20-21-14-16-23(32)17-15-21)18-19-33-30(37)29-34-27-12-5-6-13-28(27)36(29)2/h3-17,24H,18-20H2,1-2H3,(H,33,37). The van der Waals surface area contributed by atoms with Gasteiger partial charge in [-0.1, -0.05) is 72.3 Å². The van der Waals surface area contributed by atoms with Crippen molar-refractivity contribution in [2.45, 2.75) is 18.9 Å². The zero-order valence-corrected chi connectivity index (χ0v) is 22.2. The molecule has 0 radical (unpaired) electrons. The fourth-order valence-electron chi connectivity index (χ4n) is 4.87. The molecule has 0 aliphatic heterocycles. The molecule has 1 heterocycles. The highest BCUT2D eigenvalue weighted by molar-refractivity contribution is 6.30. The van der Waals surface area contributed by atoms with E-state index in [1.165, 1.54) is 0 Å². The number of carbonyl (C=O) groups excluding carboxylic acids is 2. The number of aromatic nitrogens is 2. The van der Waals surface area contributed by atoms with Gasteiger partial charge in [-0.05, 0) is 59.5 Å². The molecule has 1 aromatic heterocycles. The number of imidazole rings is 1. The lowest BCUT2D eigenvalue weighted by Crippen LogP contribution is -2.41. The number of likely N-dealkylation sites (N-methyl/N-ethyl adjacent to an activating group) is 1. The van der Waals surface area contributed by atoms with Crippen LogP contribution in [-0.2, 0) is 13.5 Å². The van der Waals surface area contributed by atoms with Crippen molar-refractivity contribution in [3.8, 4) is 0 Å². The molecule has 6 nitrogen and oxygen atoms in total. The lowest BCUT2D eigenvalue weighted by Gasteiger charge is -2.29. The number of carbonyl (C=O) groups is 2. The molecular weight excluding hydrogens is 496 g/mol. The molecule has 5 rings (SSSR count). The quantitative estimate of drug-likeness (QED) is 0.275. The van der Waals surface area contributed by atoms with Crippen molar-refractivity contribution in [3.63, 3.8) is 0 Å². The van der Waals surface area contributed by atoms with Crippen molar-refractivity contribution >= 4 is 45.2 Å². The number of amides is 2. The molecule has 4 aromatic carbocycles. The van der Waals surface area contributed by atoms with Gasteiger partial charge in [0, 0.05) is 37.3 Å². The lowest BCUT2D eigenvalue weighted by atomic mass is 9.99. The van der Waals surface area contributed by atoms with Crippen LogP contribution in [0.2, 0.25) is 5.02 Å². The summed E-state index contributed by atoms with van der Waals surface area (Å²) >= 11 is 6.10. The Kier molecular flexibility index (Phi) is 7.43. The van der Waals surface area contributed by atoms with Crippen LogP contribution in [0.5, 0.6) is 0 Å². The van der Waals surface area contributed by atoms with Crippen LogP contribution in [0.25, 0.3) is 21.8 Å². The number of nitrogens with one attached hydrogen (secondary N) is 1. The summed E-state index contributed by atoms with van der Waals surface area (Å²) in [5.74, 6) is 0.0695. The minimum absolute atomic E-state index is 0.0533. The van der Waals surface area contributed by atoms with Gasteiger partial charge < -0.3 is 14.8 Å². The highest BCUT2D eigenvalue weighted by atomic mass is 35.5. The van der Waals surface area contributed by atoms with E-state index >= 15 is 0 Å². The minimum Gasteiger partial charge on any atom is -0.349 e. The number of fused-ring (bicyclic) bond motifs is 2. The first-order valence-electron chi connectivity index (χ1n) is 12.6. The van der Waals surface area contributed by atoms with Gasteiger partial charge in [0.2, 0.25) is 0 Å². The summed E-state index contributed by atoms with van der Waals surface area (Å²) in [5.41, 5.74) is 3.41. The molecule has 0 saturated carbocycles. The average molecular weight is 525 g/mol. The van der Waals surface area contributed by atoms with Crippen LogP contribution in [0.3, 0.4) is 0 Å². The maximum absolute atomic E-state index is 13.7. The van der Waals surface area contributed by atoms with Gasteiger partial charge >= 0.3 is 0 Å². The second kappa shape index (κ2) is 11.1. The highest BCUT2D eigenvalue weighted by Crippen LogP contribution is 2.22. The summed E-state index contributed by atoms with van der Waals surface area (Å²) in [4.78, 5) is 33.0. The third-order valence-electron chi connectivity index (χ3n) is 7.03. The third kappa shape index (κ3) is 5.27. The number of benzene rings is 4. The molecule has 1 unspecified atom stereocenters. The zero-order chi connectivity index (χ0) is 26.6. The Morgan fingerprint density at radius 3 is 2.45 bits per heavy atom. The molecule has 1 atom stereocenters. The summed E-state index contributed by atoms with van der Waals surface area (Å²) in [5, 5.41) is 5.62. The second-order valence-corrected chi connectivity index (χ2v) is 9.89. The van der Waals surface area contributed by atoms with Crippen LogP contribution in [0.4, 0.5) is 0 Å². The van der Waals surface area contributed by atoms with Crippen molar-refractivity contribution in [2.75, 3.05) is 13.6 Å². The van der Waals surface area contributed by atoms with E-state index < -0.39 is 0 Å². The molecule has 0 fully saturated rings. The lowest BCUT2D eigenvalue weighted by molar-refractivity contribution is 0.0724. The van der Waals surface area contributed by atoms with Crippen LogP contribution in [-0.4, -0.2) is 45.9 Å². The van der Waals surface area contributed by atoms with E-state index in [1.54, 1.807) is 9.47 Å². The van der Waals surface area contributed by atoms with Crippen molar-refractivity contribution in [3.05, 3.63) is 113 Å². The summed E-state index contributed by atoms with van der Waals surface area (Å²) in [6.07, 6.45) is 1.21. The largest absolute Gasteiger partial charge is 0.349 e. The maximum atomic E-state index is 13.7. The molecule has 7 heteroatoms. The van der Waals surface area contributed by atoms with E-state index in [-0.39, 0.29) is 17.9 Å². The Morgan fingerprint density at radius 2 is 1.66 bits per heavy atom. The van der Waals surface area contributed by atoms with Gasteiger partial charge in [0.15, 0.2) is 5.82 Å². The fourth-order valence-corrected chi connectivity index (χ4v) is 5.00. The van der Waals surface area contributed by atoms with Gasteiger partial charge in [0.25, 0.3) is 11.8 Å². The third-order valence-corrected chi connectivity index (χ3v) is 7.28. The van der Waals surface area contributed by atoms with Crippen molar-refractivity contribution in [1.82, 2.24) is 19.8 Å². The van der Waals surface area contributed by atoms with E-state index in [2.05, 4.69) is 10.3 Å². The Hall–Kier alpha value is -4.16. The number of hydrogen-bond acceptors (Lipinski definition) is 3. The van der Waals surface area contributed by atoms with Crippen LogP contribution in [0.15, 0.2) is 91.0 Å². The smallest absolute Gasteiger partial charge is 0.287 e. The molecule has 0 bridgehead atoms. The minimum atomic E-state index is -0.239. The van der Waals surface area contributed by atoms with Gasteiger partial charge in [-0.2, -0.15) is 0 Å². The Morgan fingerprint density at radius 1 is 0.947 bits per heavy atom. The van der Waals surface area contributed by atoms with Crippen LogP contribution in [0, 0.1) is 0 Å².